The van der Waals surface area contributed by atoms with Gasteiger partial charge in [0.15, 0.2) is 11.6 Å². The number of carbonyl (C=O) groups is 1. The Hall–Kier alpha value is -3.81. The second kappa shape index (κ2) is 7.65. The van der Waals surface area contributed by atoms with Crippen LogP contribution in [0.25, 0.3) is 11.4 Å². The number of anilines is 1. The van der Waals surface area contributed by atoms with E-state index >= 15 is 0 Å². The van der Waals surface area contributed by atoms with Gasteiger partial charge in [-0.3, -0.25) is 4.79 Å². The van der Waals surface area contributed by atoms with E-state index in [1.165, 1.54) is 0 Å². The highest BCUT2D eigenvalue weighted by molar-refractivity contribution is 6.00. The van der Waals surface area contributed by atoms with Gasteiger partial charge < -0.3 is 19.9 Å². The Bertz CT molecular complexity index is 1290. The highest BCUT2D eigenvalue weighted by Gasteiger charge is 2.42. The van der Waals surface area contributed by atoms with Crippen LogP contribution in [0.1, 0.15) is 38.3 Å². The molecule has 0 saturated heterocycles. The number of nitrogens with zero attached hydrogens (tertiary/aromatic N) is 3. The third kappa shape index (κ3) is 3.61. The third-order valence-electron chi connectivity index (χ3n) is 6.17. The second-order valence-corrected chi connectivity index (χ2v) is 9.22. The summed E-state index contributed by atoms with van der Waals surface area (Å²) in [5.74, 6) is 2.48. The Morgan fingerprint density at radius 2 is 1.94 bits per heavy atom. The van der Waals surface area contributed by atoms with E-state index in [9.17, 15) is 9.90 Å². The van der Waals surface area contributed by atoms with Crippen LogP contribution in [-0.2, 0) is 4.79 Å². The van der Waals surface area contributed by atoms with Crippen LogP contribution in [0.4, 0.5) is 5.95 Å². The Balaban J connectivity index is 1.71. The average molecular weight is 447 g/mol. The van der Waals surface area contributed by atoms with Crippen molar-refractivity contribution in [1.82, 2.24) is 14.8 Å². The van der Waals surface area contributed by atoms with E-state index in [4.69, 9.17) is 19.6 Å². The minimum atomic E-state index is -0.501. The molecule has 0 fully saturated rings. The predicted molar refractivity (Wildman–Crippen MR) is 123 cm³/mol. The zero-order valence-corrected chi connectivity index (χ0v) is 19.0. The fourth-order valence-electron chi connectivity index (χ4n) is 4.71. The lowest BCUT2D eigenvalue weighted by atomic mass is 9.73. The lowest BCUT2D eigenvalue weighted by Gasteiger charge is -2.38. The van der Waals surface area contributed by atoms with E-state index in [0.29, 0.717) is 40.8 Å². The molecule has 1 aromatic heterocycles. The molecule has 0 saturated carbocycles. The van der Waals surface area contributed by atoms with Crippen LogP contribution in [0, 0.1) is 5.41 Å². The number of ether oxygens (including phenoxy) is 2. The van der Waals surface area contributed by atoms with Crippen molar-refractivity contribution in [2.45, 2.75) is 32.7 Å². The molecular formula is C25H26N4O4. The number of allylic oxidation sites excluding steroid dienone is 2. The summed E-state index contributed by atoms with van der Waals surface area (Å²) < 4.78 is 12.8. The van der Waals surface area contributed by atoms with Crippen LogP contribution in [0.15, 0.2) is 53.7 Å². The molecule has 2 N–H and O–H groups in total. The number of aromatic nitrogens is 3. The highest BCUT2D eigenvalue weighted by atomic mass is 16.5. The van der Waals surface area contributed by atoms with Crippen molar-refractivity contribution in [3.63, 3.8) is 0 Å². The molecule has 8 nitrogen and oxygen atoms in total. The highest BCUT2D eigenvalue weighted by Crippen LogP contribution is 2.47. The molecule has 33 heavy (non-hydrogen) atoms. The van der Waals surface area contributed by atoms with E-state index in [-0.39, 0.29) is 16.9 Å². The fraction of sp³-hybridized carbons (Fsp3) is 0.320. The van der Waals surface area contributed by atoms with Gasteiger partial charge in [0.2, 0.25) is 5.95 Å². The summed E-state index contributed by atoms with van der Waals surface area (Å²) in [6.07, 6.45) is 1.17. The number of hydrogen-bond acceptors (Lipinski definition) is 7. The van der Waals surface area contributed by atoms with Gasteiger partial charge in [-0.25, -0.2) is 4.68 Å². The number of ketones is 1. The number of rotatable bonds is 4. The Morgan fingerprint density at radius 3 is 2.67 bits per heavy atom. The van der Waals surface area contributed by atoms with Crippen molar-refractivity contribution in [2.75, 3.05) is 19.5 Å². The predicted octanol–water partition coefficient (Wildman–Crippen LogP) is 4.33. The molecule has 2 aromatic carbocycles. The van der Waals surface area contributed by atoms with Gasteiger partial charge in [0.1, 0.15) is 23.3 Å². The van der Waals surface area contributed by atoms with Crippen molar-refractivity contribution in [3.8, 4) is 28.6 Å². The maximum atomic E-state index is 13.4. The second-order valence-electron chi connectivity index (χ2n) is 9.22. The van der Waals surface area contributed by atoms with Crippen molar-refractivity contribution in [3.05, 3.63) is 59.3 Å². The summed E-state index contributed by atoms with van der Waals surface area (Å²) in [6, 6.07) is 11.9. The standard InChI is InChI=1S/C25H26N4O4/c1-25(2)12-18-21(19(31)13-25)22(17-9-8-16(32-3)11-20(17)33-4)29-24(26-18)27-23(28-29)14-6-5-7-15(30)10-14/h5-11,22,30H,12-13H2,1-4H3,(H,26,27,28). The number of nitrogens with one attached hydrogen (secondary N) is 1. The molecule has 0 amide bonds. The maximum Gasteiger partial charge on any atom is 0.226 e. The molecule has 2 aliphatic rings. The van der Waals surface area contributed by atoms with Gasteiger partial charge >= 0.3 is 0 Å². The lowest BCUT2D eigenvalue weighted by molar-refractivity contribution is -0.118. The molecule has 3 aromatic rings. The van der Waals surface area contributed by atoms with Crippen LogP contribution in [0.3, 0.4) is 0 Å². The quantitative estimate of drug-likeness (QED) is 0.616. The van der Waals surface area contributed by atoms with Crippen LogP contribution in [0.2, 0.25) is 0 Å². The zero-order valence-electron chi connectivity index (χ0n) is 19.0. The van der Waals surface area contributed by atoms with Crippen LogP contribution >= 0.6 is 0 Å². The molecule has 0 radical (unpaired) electrons. The number of phenols is 1. The van der Waals surface area contributed by atoms with E-state index in [2.05, 4.69) is 19.2 Å². The first-order valence-electron chi connectivity index (χ1n) is 10.8. The first kappa shape index (κ1) is 21.1. The molecule has 0 bridgehead atoms. The number of benzene rings is 2. The molecule has 1 aliphatic carbocycles. The number of fused-ring (bicyclic) bond motifs is 1. The summed E-state index contributed by atoms with van der Waals surface area (Å²) in [6.45, 7) is 4.19. The average Bonchev–Trinajstić information content (AvgIpc) is 3.20. The smallest absolute Gasteiger partial charge is 0.226 e. The SMILES string of the molecule is COc1ccc(C2C3=C(CC(C)(C)CC3=O)Nc3nc(-c4cccc(O)c4)nn32)c(OC)c1. The van der Waals surface area contributed by atoms with Crippen LogP contribution in [0.5, 0.6) is 17.2 Å². The molecule has 1 aliphatic heterocycles. The molecule has 8 heteroatoms. The molecule has 170 valence electrons. The topological polar surface area (TPSA) is 98.5 Å². The molecule has 2 heterocycles. The number of hydrogen-bond donors (Lipinski definition) is 2. The van der Waals surface area contributed by atoms with Gasteiger partial charge in [-0.1, -0.05) is 26.0 Å². The number of carbonyl (C=O) groups excluding carboxylic acids is 1. The summed E-state index contributed by atoms with van der Waals surface area (Å²) in [5.41, 5.74) is 2.87. The number of Topliss-reactive ketones (excluding diaryl/α,β-unsaturated/α-hetero) is 1. The normalized spacial score (nSPS) is 18.9. The van der Waals surface area contributed by atoms with Crippen molar-refractivity contribution in [2.24, 2.45) is 5.41 Å². The van der Waals surface area contributed by atoms with Crippen LogP contribution in [-0.4, -0.2) is 39.9 Å². The Labute approximate surface area is 191 Å². The minimum absolute atomic E-state index is 0.0803. The Kier molecular flexibility index (Phi) is 4.88. The Morgan fingerprint density at radius 1 is 1.12 bits per heavy atom. The lowest BCUT2D eigenvalue weighted by Crippen LogP contribution is -2.36. The zero-order chi connectivity index (χ0) is 23.3. The minimum Gasteiger partial charge on any atom is -0.508 e. The molecule has 1 unspecified atom stereocenters. The summed E-state index contributed by atoms with van der Waals surface area (Å²) >= 11 is 0. The number of methoxy groups -OCH3 is 2. The first-order chi connectivity index (χ1) is 15.8. The monoisotopic (exact) mass is 446 g/mol. The van der Waals surface area contributed by atoms with E-state index in [1.54, 1.807) is 37.1 Å². The van der Waals surface area contributed by atoms with Gasteiger partial charge in [-0.15, -0.1) is 5.10 Å². The number of aromatic hydroxyl groups is 1. The van der Waals surface area contributed by atoms with Crippen molar-refractivity contribution < 1.29 is 19.4 Å². The van der Waals surface area contributed by atoms with E-state index in [1.807, 2.05) is 24.3 Å². The molecule has 0 spiro atoms. The molecular weight excluding hydrogens is 420 g/mol. The summed E-state index contributed by atoms with van der Waals surface area (Å²) in [4.78, 5) is 18.1. The van der Waals surface area contributed by atoms with E-state index in [0.717, 1.165) is 17.7 Å². The fourth-order valence-corrected chi connectivity index (χ4v) is 4.71. The third-order valence-corrected chi connectivity index (χ3v) is 6.17. The van der Waals surface area contributed by atoms with Gasteiger partial charge in [-0.2, -0.15) is 4.98 Å². The first-order valence-corrected chi connectivity index (χ1v) is 10.8. The summed E-state index contributed by atoms with van der Waals surface area (Å²) in [5, 5.41) is 18.1. The van der Waals surface area contributed by atoms with Crippen LogP contribution < -0.4 is 14.8 Å². The van der Waals surface area contributed by atoms with Gasteiger partial charge in [-0.05, 0) is 36.1 Å². The van der Waals surface area contributed by atoms with E-state index < -0.39 is 6.04 Å². The maximum absolute atomic E-state index is 13.4. The van der Waals surface area contributed by atoms with Crippen molar-refractivity contribution >= 4 is 11.7 Å². The van der Waals surface area contributed by atoms with Gasteiger partial charge in [0, 0.05) is 34.9 Å². The summed E-state index contributed by atoms with van der Waals surface area (Å²) in [7, 11) is 3.20. The van der Waals surface area contributed by atoms with Crippen molar-refractivity contribution in [1.29, 1.82) is 0 Å². The largest absolute Gasteiger partial charge is 0.508 e. The molecule has 1 atom stereocenters. The van der Waals surface area contributed by atoms with Gasteiger partial charge in [0.05, 0.1) is 14.2 Å². The molecule has 5 rings (SSSR count). The number of phenolic OH excluding ortho intramolecular Hbond substituents is 1. The van der Waals surface area contributed by atoms with Gasteiger partial charge in [0.25, 0.3) is 0 Å².